The predicted octanol–water partition coefficient (Wildman–Crippen LogP) is -0.723. The van der Waals surface area contributed by atoms with Gasteiger partial charge >= 0.3 is 6.09 Å². The highest BCUT2D eigenvalue weighted by atomic mass is 16.5. The molecule has 4 N–H and O–H groups in total. The first kappa shape index (κ1) is 10.0. The van der Waals surface area contributed by atoms with Crippen molar-refractivity contribution in [1.82, 2.24) is 9.97 Å². The topological polar surface area (TPSA) is 110 Å². The van der Waals surface area contributed by atoms with E-state index >= 15 is 0 Å². The molecule has 1 rings (SSSR count). The van der Waals surface area contributed by atoms with E-state index in [9.17, 15) is 9.59 Å². The van der Waals surface area contributed by atoms with Crippen LogP contribution < -0.4 is 16.6 Å². The van der Waals surface area contributed by atoms with Crippen molar-refractivity contribution in [2.24, 2.45) is 5.73 Å². The fraction of sp³-hybridized carbons (Fsp3) is 0.286. The van der Waals surface area contributed by atoms with Crippen LogP contribution >= 0.6 is 0 Å². The number of nitrogens with one attached hydrogen (secondary N) is 2. The predicted molar refractivity (Wildman–Crippen MR) is 48.9 cm³/mol. The zero-order valence-corrected chi connectivity index (χ0v) is 7.32. The summed E-state index contributed by atoms with van der Waals surface area (Å²) in [7, 11) is 0. The van der Waals surface area contributed by atoms with Gasteiger partial charge in [-0.15, -0.1) is 0 Å². The van der Waals surface area contributed by atoms with E-state index in [2.05, 4.69) is 20.0 Å². The van der Waals surface area contributed by atoms with Crippen LogP contribution in [-0.2, 0) is 4.74 Å². The highest BCUT2D eigenvalue weighted by molar-refractivity contribution is 5.64. The molecule has 1 aromatic rings. The van der Waals surface area contributed by atoms with Gasteiger partial charge in [-0.3, -0.25) is 4.79 Å². The fourth-order valence-electron chi connectivity index (χ4n) is 0.796. The summed E-state index contributed by atoms with van der Waals surface area (Å²) in [5.74, 6) is 0.418. The average molecular weight is 198 g/mol. The maximum absolute atomic E-state index is 10.8. The number of H-pyrrole nitrogens is 1. The Bertz CT molecular complexity index is 362. The average Bonchev–Trinajstić information content (AvgIpc) is 2.12. The van der Waals surface area contributed by atoms with Crippen LogP contribution in [0.3, 0.4) is 0 Å². The Hall–Kier alpha value is -2.05. The first-order valence-electron chi connectivity index (χ1n) is 3.89. The Labute approximate surface area is 79.3 Å². The molecule has 0 fully saturated rings. The monoisotopic (exact) mass is 198 g/mol. The molecule has 0 unspecified atom stereocenters. The first-order valence-corrected chi connectivity index (χ1v) is 3.89. The number of hydrogen-bond acceptors (Lipinski definition) is 5. The molecule has 7 nitrogen and oxygen atoms in total. The van der Waals surface area contributed by atoms with Crippen molar-refractivity contribution in [1.29, 1.82) is 0 Å². The lowest BCUT2D eigenvalue weighted by Crippen LogP contribution is -2.19. The number of nitrogens with two attached hydrogens (primary N) is 1. The molecule has 76 valence electrons. The van der Waals surface area contributed by atoms with E-state index in [0.717, 1.165) is 0 Å². The van der Waals surface area contributed by atoms with Crippen LogP contribution in [0.1, 0.15) is 0 Å². The van der Waals surface area contributed by atoms with Crippen molar-refractivity contribution < 1.29 is 9.53 Å². The molecule has 0 aliphatic rings. The molecule has 1 heterocycles. The maximum atomic E-state index is 10.8. The largest absolute Gasteiger partial charge is 0.448 e. The van der Waals surface area contributed by atoms with E-state index < -0.39 is 6.09 Å². The van der Waals surface area contributed by atoms with Gasteiger partial charge in [-0.05, 0) is 0 Å². The number of hydrogen-bond donors (Lipinski definition) is 3. The molecule has 0 aromatic carbocycles. The van der Waals surface area contributed by atoms with Gasteiger partial charge < -0.3 is 20.8 Å². The van der Waals surface area contributed by atoms with E-state index in [4.69, 9.17) is 5.73 Å². The number of aromatic amines is 1. The second-order valence-corrected chi connectivity index (χ2v) is 2.39. The highest BCUT2D eigenvalue weighted by Crippen LogP contribution is 1.92. The summed E-state index contributed by atoms with van der Waals surface area (Å²) < 4.78 is 4.46. The third kappa shape index (κ3) is 3.57. The molecule has 0 aliphatic heterocycles. The summed E-state index contributed by atoms with van der Waals surface area (Å²) in [6.45, 7) is 0.475. The number of carbonyl (C=O) groups is 1. The Balaban J connectivity index is 2.31. The summed E-state index contributed by atoms with van der Waals surface area (Å²) in [4.78, 5) is 27.1. The number of nitrogens with zero attached hydrogens (tertiary/aromatic N) is 1. The van der Waals surface area contributed by atoms with Crippen molar-refractivity contribution in [3.05, 3.63) is 22.7 Å². The SMILES string of the molecule is NC(=O)OCCNc1cc(=O)[nH]cn1. The number of primary amides is 1. The van der Waals surface area contributed by atoms with Crippen LogP contribution in [0.4, 0.5) is 10.6 Å². The van der Waals surface area contributed by atoms with Crippen LogP contribution in [0.2, 0.25) is 0 Å². The molecule has 0 spiro atoms. The minimum Gasteiger partial charge on any atom is -0.448 e. The maximum Gasteiger partial charge on any atom is 0.404 e. The number of anilines is 1. The van der Waals surface area contributed by atoms with Gasteiger partial charge in [0.15, 0.2) is 0 Å². The van der Waals surface area contributed by atoms with E-state index in [0.29, 0.717) is 12.4 Å². The van der Waals surface area contributed by atoms with Crippen molar-refractivity contribution in [3.8, 4) is 0 Å². The smallest absolute Gasteiger partial charge is 0.404 e. The van der Waals surface area contributed by atoms with Gasteiger partial charge in [0.25, 0.3) is 5.56 Å². The van der Waals surface area contributed by atoms with Crippen LogP contribution in [0, 0.1) is 0 Å². The standard InChI is InChI=1S/C7H10N4O3/c8-7(13)14-2-1-9-5-3-6(12)11-4-10-5/h3-4H,1-2H2,(H2,8,13)(H2,9,10,11,12). The minimum absolute atomic E-state index is 0.129. The van der Waals surface area contributed by atoms with Crippen molar-refractivity contribution in [2.75, 3.05) is 18.5 Å². The molecular formula is C7H10N4O3. The number of rotatable bonds is 4. The Morgan fingerprint density at radius 3 is 3.14 bits per heavy atom. The summed E-state index contributed by atoms with van der Waals surface area (Å²) in [6.07, 6.45) is 0.449. The third-order valence-electron chi connectivity index (χ3n) is 1.33. The van der Waals surface area contributed by atoms with Crippen molar-refractivity contribution in [2.45, 2.75) is 0 Å². The molecule has 0 bridgehead atoms. The summed E-state index contributed by atoms with van der Waals surface area (Å²) in [6, 6.07) is 1.30. The van der Waals surface area contributed by atoms with Gasteiger partial charge in [0.1, 0.15) is 12.4 Å². The van der Waals surface area contributed by atoms with Gasteiger partial charge in [0.2, 0.25) is 0 Å². The van der Waals surface area contributed by atoms with Crippen LogP contribution in [0.5, 0.6) is 0 Å². The van der Waals surface area contributed by atoms with Gasteiger partial charge in [-0.2, -0.15) is 0 Å². The lowest BCUT2D eigenvalue weighted by atomic mass is 10.5. The summed E-state index contributed by atoms with van der Waals surface area (Å²) in [5, 5.41) is 2.78. The normalized spacial score (nSPS) is 9.43. The second kappa shape index (κ2) is 4.85. The minimum atomic E-state index is -0.828. The number of aromatic nitrogens is 2. The molecular weight excluding hydrogens is 188 g/mol. The lowest BCUT2D eigenvalue weighted by molar-refractivity contribution is 0.161. The molecule has 1 amide bonds. The van der Waals surface area contributed by atoms with E-state index in [1.165, 1.54) is 12.4 Å². The quantitative estimate of drug-likeness (QED) is 0.553. The second-order valence-electron chi connectivity index (χ2n) is 2.39. The van der Waals surface area contributed by atoms with Crippen LogP contribution in [0.25, 0.3) is 0 Å². The molecule has 0 saturated heterocycles. The van der Waals surface area contributed by atoms with Gasteiger partial charge in [0, 0.05) is 6.07 Å². The zero-order valence-electron chi connectivity index (χ0n) is 7.32. The van der Waals surface area contributed by atoms with E-state index in [-0.39, 0.29) is 12.2 Å². The molecule has 1 aromatic heterocycles. The highest BCUT2D eigenvalue weighted by Gasteiger charge is 1.95. The van der Waals surface area contributed by atoms with Crippen LogP contribution in [0.15, 0.2) is 17.2 Å². The number of amides is 1. The van der Waals surface area contributed by atoms with E-state index in [1.54, 1.807) is 0 Å². The van der Waals surface area contributed by atoms with Crippen molar-refractivity contribution in [3.63, 3.8) is 0 Å². The van der Waals surface area contributed by atoms with Gasteiger partial charge in [-0.25, -0.2) is 9.78 Å². The van der Waals surface area contributed by atoms with Gasteiger partial charge in [-0.1, -0.05) is 0 Å². The Morgan fingerprint density at radius 1 is 1.71 bits per heavy atom. The lowest BCUT2D eigenvalue weighted by Gasteiger charge is -2.03. The van der Waals surface area contributed by atoms with Gasteiger partial charge in [0.05, 0.1) is 12.9 Å². The Morgan fingerprint density at radius 2 is 2.50 bits per heavy atom. The summed E-state index contributed by atoms with van der Waals surface area (Å²) >= 11 is 0. The Kier molecular flexibility index (Phi) is 3.48. The zero-order chi connectivity index (χ0) is 10.4. The molecule has 0 atom stereocenters. The molecule has 0 radical (unpaired) electrons. The molecule has 0 aliphatic carbocycles. The third-order valence-corrected chi connectivity index (χ3v) is 1.33. The van der Waals surface area contributed by atoms with Crippen LogP contribution in [-0.4, -0.2) is 29.2 Å². The molecule has 7 heteroatoms. The molecule has 0 saturated carbocycles. The van der Waals surface area contributed by atoms with E-state index in [1.807, 2.05) is 0 Å². The summed E-state index contributed by atoms with van der Waals surface area (Å²) in [5.41, 5.74) is 4.48. The first-order chi connectivity index (χ1) is 6.68. The number of ether oxygens (including phenoxy) is 1. The number of carbonyl (C=O) groups excluding carboxylic acids is 1. The fourth-order valence-corrected chi connectivity index (χ4v) is 0.796. The van der Waals surface area contributed by atoms with Crippen molar-refractivity contribution >= 4 is 11.9 Å². The molecule has 14 heavy (non-hydrogen) atoms.